The minimum atomic E-state index is -0.923. The highest BCUT2D eigenvalue weighted by atomic mass is 16.5. The van der Waals surface area contributed by atoms with Gasteiger partial charge in [0.05, 0.1) is 12.7 Å². The lowest BCUT2D eigenvalue weighted by molar-refractivity contribution is 0.0697. The molecule has 0 aliphatic carbocycles. The molecule has 98 valence electrons. The Morgan fingerprint density at radius 3 is 2.42 bits per heavy atom. The van der Waals surface area contributed by atoms with Crippen molar-refractivity contribution in [3.63, 3.8) is 0 Å². The fraction of sp³-hybridized carbons (Fsp3) is 0.188. The molecule has 2 aromatic rings. The van der Waals surface area contributed by atoms with Crippen LogP contribution in [0, 0.1) is 13.8 Å². The molecule has 2 aromatic carbocycles. The van der Waals surface area contributed by atoms with Crippen molar-refractivity contribution in [2.45, 2.75) is 13.8 Å². The second-order valence-electron chi connectivity index (χ2n) is 4.54. The molecule has 0 spiro atoms. The van der Waals surface area contributed by atoms with E-state index in [9.17, 15) is 4.79 Å². The monoisotopic (exact) mass is 256 g/mol. The number of methoxy groups -OCH3 is 1. The average Bonchev–Trinajstić information content (AvgIpc) is 2.39. The minimum Gasteiger partial charge on any atom is -0.496 e. The SMILES string of the molecule is COc1ccc(C)cc1-c1cc(C(=O)O)ccc1C. The topological polar surface area (TPSA) is 46.5 Å². The smallest absolute Gasteiger partial charge is 0.335 e. The number of hydrogen-bond donors (Lipinski definition) is 1. The maximum absolute atomic E-state index is 11.1. The Hall–Kier alpha value is -2.29. The number of rotatable bonds is 3. The van der Waals surface area contributed by atoms with E-state index in [-0.39, 0.29) is 5.56 Å². The highest BCUT2D eigenvalue weighted by Gasteiger charge is 2.12. The Morgan fingerprint density at radius 2 is 1.79 bits per heavy atom. The van der Waals surface area contributed by atoms with E-state index in [1.807, 2.05) is 38.1 Å². The van der Waals surface area contributed by atoms with Gasteiger partial charge in [-0.05, 0) is 49.2 Å². The van der Waals surface area contributed by atoms with Gasteiger partial charge in [-0.2, -0.15) is 0 Å². The molecule has 0 unspecified atom stereocenters. The lowest BCUT2D eigenvalue weighted by atomic mass is 9.96. The maximum Gasteiger partial charge on any atom is 0.335 e. The van der Waals surface area contributed by atoms with Gasteiger partial charge in [-0.25, -0.2) is 4.79 Å². The van der Waals surface area contributed by atoms with Crippen LogP contribution in [0.3, 0.4) is 0 Å². The van der Waals surface area contributed by atoms with Crippen molar-refractivity contribution >= 4 is 5.97 Å². The third-order valence-corrected chi connectivity index (χ3v) is 3.13. The summed E-state index contributed by atoms with van der Waals surface area (Å²) in [5.41, 5.74) is 4.22. The summed E-state index contributed by atoms with van der Waals surface area (Å²) in [5.74, 6) is -0.177. The number of carbonyl (C=O) groups is 1. The van der Waals surface area contributed by atoms with Crippen LogP contribution in [0.1, 0.15) is 21.5 Å². The summed E-state index contributed by atoms with van der Waals surface area (Å²) in [6, 6.07) is 11.0. The first-order valence-corrected chi connectivity index (χ1v) is 6.02. The zero-order valence-electron chi connectivity index (χ0n) is 11.2. The Balaban J connectivity index is 2.67. The van der Waals surface area contributed by atoms with Gasteiger partial charge in [-0.3, -0.25) is 0 Å². The van der Waals surface area contributed by atoms with E-state index in [2.05, 4.69) is 0 Å². The standard InChI is InChI=1S/C16H16O3/c1-10-4-7-15(19-3)14(8-10)13-9-12(16(17)18)6-5-11(13)2/h4-9H,1-3H3,(H,17,18). The Labute approximate surface area is 112 Å². The lowest BCUT2D eigenvalue weighted by Gasteiger charge is -2.12. The molecule has 1 N–H and O–H groups in total. The second kappa shape index (κ2) is 5.14. The van der Waals surface area contributed by atoms with Crippen LogP contribution in [0.2, 0.25) is 0 Å². The highest BCUT2D eigenvalue weighted by molar-refractivity contribution is 5.90. The zero-order chi connectivity index (χ0) is 14.0. The van der Waals surface area contributed by atoms with Crippen LogP contribution in [0.15, 0.2) is 36.4 Å². The van der Waals surface area contributed by atoms with E-state index in [1.54, 1.807) is 19.2 Å². The molecule has 0 fully saturated rings. The van der Waals surface area contributed by atoms with Gasteiger partial charge < -0.3 is 9.84 Å². The van der Waals surface area contributed by atoms with Gasteiger partial charge >= 0.3 is 5.97 Å². The molecular weight excluding hydrogens is 240 g/mol. The Kier molecular flexibility index (Phi) is 3.56. The molecule has 3 nitrogen and oxygen atoms in total. The van der Waals surface area contributed by atoms with E-state index in [0.717, 1.165) is 28.0 Å². The summed E-state index contributed by atoms with van der Waals surface area (Å²) >= 11 is 0. The summed E-state index contributed by atoms with van der Waals surface area (Å²) in [5, 5.41) is 9.10. The number of aromatic carboxylic acids is 1. The van der Waals surface area contributed by atoms with Gasteiger partial charge in [0.2, 0.25) is 0 Å². The average molecular weight is 256 g/mol. The van der Waals surface area contributed by atoms with E-state index >= 15 is 0 Å². The van der Waals surface area contributed by atoms with Crippen LogP contribution in [-0.2, 0) is 0 Å². The molecular formula is C16H16O3. The first-order valence-electron chi connectivity index (χ1n) is 6.02. The lowest BCUT2D eigenvalue weighted by Crippen LogP contribution is -1.98. The zero-order valence-corrected chi connectivity index (χ0v) is 11.2. The molecule has 0 atom stereocenters. The van der Waals surface area contributed by atoms with Gasteiger partial charge in [0.25, 0.3) is 0 Å². The van der Waals surface area contributed by atoms with Crippen molar-refractivity contribution in [1.29, 1.82) is 0 Å². The van der Waals surface area contributed by atoms with Crippen molar-refractivity contribution in [3.8, 4) is 16.9 Å². The van der Waals surface area contributed by atoms with Crippen molar-refractivity contribution < 1.29 is 14.6 Å². The molecule has 0 saturated heterocycles. The van der Waals surface area contributed by atoms with Crippen LogP contribution >= 0.6 is 0 Å². The third-order valence-electron chi connectivity index (χ3n) is 3.13. The van der Waals surface area contributed by atoms with Crippen molar-refractivity contribution in [1.82, 2.24) is 0 Å². The van der Waals surface area contributed by atoms with Crippen LogP contribution < -0.4 is 4.74 Å². The fourth-order valence-electron chi connectivity index (χ4n) is 2.08. The van der Waals surface area contributed by atoms with Gasteiger partial charge in [-0.15, -0.1) is 0 Å². The van der Waals surface area contributed by atoms with Crippen molar-refractivity contribution in [2.75, 3.05) is 7.11 Å². The number of carboxylic acid groups (broad SMARTS) is 1. The fourth-order valence-corrected chi connectivity index (χ4v) is 2.08. The molecule has 0 radical (unpaired) electrons. The molecule has 0 aromatic heterocycles. The largest absolute Gasteiger partial charge is 0.496 e. The van der Waals surface area contributed by atoms with Crippen LogP contribution in [-0.4, -0.2) is 18.2 Å². The molecule has 0 bridgehead atoms. The van der Waals surface area contributed by atoms with Gasteiger partial charge in [0.15, 0.2) is 0 Å². The molecule has 0 saturated carbocycles. The normalized spacial score (nSPS) is 10.3. The molecule has 19 heavy (non-hydrogen) atoms. The first-order chi connectivity index (χ1) is 9.02. The van der Waals surface area contributed by atoms with Crippen molar-refractivity contribution in [3.05, 3.63) is 53.1 Å². The summed E-state index contributed by atoms with van der Waals surface area (Å²) in [6.07, 6.45) is 0. The number of aryl methyl sites for hydroxylation is 2. The van der Waals surface area contributed by atoms with Gasteiger partial charge in [0.1, 0.15) is 5.75 Å². The molecule has 0 aliphatic heterocycles. The molecule has 0 amide bonds. The number of hydrogen-bond acceptors (Lipinski definition) is 2. The molecule has 0 aliphatic rings. The summed E-state index contributed by atoms with van der Waals surface area (Å²) in [6.45, 7) is 3.96. The number of ether oxygens (including phenoxy) is 1. The van der Waals surface area contributed by atoms with E-state index in [1.165, 1.54) is 0 Å². The first kappa shape index (κ1) is 13.1. The van der Waals surface area contributed by atoms with Crippen LogP contribution in [0.4, 0.5) is 0 Å². The summed E-state index contributed by atoms with van der Waals surface area (Å²) in [4.78, 5) is 11.1. The highest BCUT2D eigenvalue weighted by Crippen LogP contribution is 2.33. The number of benzene rings is 2. The predicted molar refractivity (Wildman–Crippen MR) is 74.9 cm³/mol. The van der Waals surface area contributed by atoms with E-state index in [0.29, 0.717) is 0 Å². The van der Waals surface area contributed by atoms with Gasteiger partial charge in [-0.1, -0.05) is 17.7 Å². The second-order valence-corrected chi connectivity index (χ2v) is 4.54. The molecule has 3 heteroatoms. The van der Waals surface area contributed by atoms with Gasteiger partial charge in [0, 0.05) is 5.56 Å². The minimum absolute atomic E-state index is 0.282. The summed E-state index contributed by atoms with van der Waals surface area (Å²) < 4.78 is 5.36. The Morgan fingerprint density at radius 1 is 1.05 bits per heavy atom. The predicted octanol–water partition coefficient (Wildman–Crippen LogP) is 3.68. The number of carboxylic acids is 1. The maximum atomic E-state index is 11.1. The van der Waals surface area contributed by atoms with E-state index in [4.69, 9.17) is 9.84 Å². The van der Waals surface area contributed by atoms with Crippen LogP contribution in [0.5, 0.6) is 5.75 Å². The molecule has 0 heterocycles. The quantitative estimate of drug-likeness (QED) is 0.911. The van der Waals surface area contributed by atoms with Crippen molar-refractivity contribution in [2.24, 2.45) is 0 Å². The summed E-state index contributed by atoms with van der Waals surface area (Å²) in [7, 11) is 1.62. The van der Waals surface area contributed by atoms with E-state index < -0.39 is 5.97 Å². The third kappa shape index (κ3) is 2.60. The molecule has 2 rings (SSSR count). The van der Waals surface area contributed by atoms with Crippen LogP contribution in [0.25, 0.3) is 11.1 Å². The Bertz CT molecular complexity index is 630.